The van der Waals surface area contributed by atoms with E-state index in [1.807, 2.05) is 0 Å². The second-order valence-electron chi connectivity index (χ2n) is 11.9. The number of nitrogens with one attached hydrogen (secondary N) is 1. The second-order valence-corrected chi connectivity index (χ2v) is 11.9. The van der Waals surface area contributed by atoms with Crippen molar-refractivity contribution >= 4 is 5.97 Å². The van der Waals surface area contributed by atoms with Crippen LogP contribution in [0.1, 0.15) is 91.4 Å². The monoisotopic (exact) mass is 431 g/mol. The summed E-state index contributed by atoms with van der Waals surface area (Å²) >= 11 is 0. The van der Waals surface area contributed by atoms with Crippen LogP contribution in [0.4, 0.5) is 0 Å². The molecule has 0 radical (unpaired) electrons. The van der Waals surface area contributed by atoms with Gasteiger partial charge in [0.05, 0.1) is 6.10 Å². The second kappa shape index (κ2) is 9.17. The zero-order chi connectivity index (χ0) is 22.2. The van der Waals surface area contributed by atoms with Crippen LogP contribution in [0.25, 0.3) is 0 Å². The highest BCUT2D eigenvalue weighted by atomic mass is 16.4. The summed E-state index contributed by atoms with van der Waals surface area (Å²) in [5.41, 5.74) is 2.39. The number of allylic oxidation sites excluding steroid dienone is 1. The Kier molecular flexibility index (Phi) is 6.89. The minimum Gasteiger partial charge on any atom is -0.481 e. The first-order chi connectivity index (χ1) is 14.8. The van der Waals surface area contributed by atoms with E-state index < -0.39 is 5.97 Å². The highest BCUT2D eigenvalue weighted by Crippen LogP contribution is 2.67. The van der Waals surface area contributed by atoms with Crippen LogP contribution in [-0.4, -0.2) is 35.4 Å². The molecule has 4 aliphatic carbocycles. The fourth-order valence-corrected chi connectivity index (χ4v) is 8.62. The van der Waals surface area contributed by atoms with Gasteiger partial charge in [0, 0.05) is 6.42 Å². The highest BCUT2D eigenvalue weighted by Gasteiger charge is 2.59. The van der Waals surface area contributed by atoms with Gasteiger partial charge in [-0.3, -0.25) is 4.79 Å². The molecule has 0 saturated heterocycles. The van der Waals surface area contributed by atoms with Crippen molar-refractivity contribution in [1.82, 2.24) is 5.32 Å². The van der Waals surface area contributed by atoms with Gasteiger partial charge < -0.3 is 15.5 Å². The van der Waals surface area contributed by atoms with Gasteiger partial charge in [-0.15, -0.1) is 0 Å². The van der Waals surface area contributed by atoms with Crippen molar-refractivity contribution in [2.24, 2.45) is 40.4 Å². The molecule has 0 aliphatic heterocycles. The van der Waals surface area contributed by atoms with Crippen molar-refractivity contribution in [3.8, 4) is 0 Å². The summed E-state index contributed by atoms with van der Waals surface area (Å²) in [6.07, 6.45) is 14.3. The largest absolute Gasteiger partial charge is 0.481 e. The van der Waals surface area contributed by atoms with Gasteiger partial charge in [0.1, 0.15) is 0 Å². The van der Waals surface area contributed by atoms with Crippen LogP contribution < -0.4 is 5.32 Å². The molecule has 3 saturated carbocycles. The average Bonchev–Trinajstić information content (AvgIpc) is 3.08. The molecule has 0 spiro atoms. The number of aliphatic hydroxyl groups is 1. The van der Waals surface area contributed by atoms with Gasteiger partial charge in [0.25, 0.3) is 0 Å². The fraction of sp³-hybridized carbons (Fsp3) is 0.889. The summed E-state index contributed by atoms with van der Waals surface area (Å²) in [4.78, 5) is 10.7. The number of carboxylic acids is 1. The molecule has 3 fully saturated rings. The Morgan fingerprint density at radius 2 is 1.97 bits per heavy atom. The molecule has 4 aliphatic rings. The lowest BCUT2D eigenvalue weighted by molar-refractivity contribution is -0.137. The van der Waals surface area contributed by atoms with Crippen molar-refractivity contribution in [3.63, 3.8) is 0 Å². The molecular formula is C27H45NO3. The summed E-state index contributed by atoms with van der Waals surface area (Å²) in [5.74, 6) is 3.31. The van der Waals surface area contributed by atoms with Crippen molar-refractivity contribution in [3.05, 3.63) is 11.6 Å². The molecule has 4 rings (SSSR count). The molecule has 4 heteroatoms. The minimum absolute atomic E-state index is 0.113. The van der Waals surface area contributed by atoms with Gasteiger partial charge in [-0.2, -0.15) is 0 Å². The summed E-state index contributed by atoms with van der Waals surface area (Å²) in [6, 6.07) is 0. The molecule has 176 valence electrons. The van der Waals surface area contributed by atoms with E-state index in [-0.39, 0.29) is 12.5 Å². The molecule has 1 unspecified atom stereocenters. The van der Waals surface area contributed by atoms with Crippen molar-refractivity contribution in [1.29, 1.82) is 0 Å². The molecule has 0 aromatic heterocycles. The highest BCUT2D eigenvalue weighted by molar-refractivity contribution is 5.66. The SMILES string of the molecule is C[C@H](CNCCCCC(=O)O)[C@H]1CC[C@H]2C3CC=C4C[C@@H](O)CC[C@]4(C)[C@H]3CC[C@]12C. The molecule has 0 heterocycles. The maximum absolute atomic E-state index is 10.7. The number of rotatable bonds is 8. The van der Waals surface area contributed by atoms with Gasteiger partial charge in [0.15, 0.2) is 0 Å². The maximum atomic E-state index is 10.7. The zero-order valence-electron chi connectivity index (χ0n) is 20.0. The molecule has 0 aromatic rings. The number of carboxylic acid groups (broad SMARTS) is 1. The Hall–Kier alpha value is -0.870. The van der Waals surface area contributed by atoms with Gasteiger partial charge in [-0.25, -0.2) is 0 Å². The Morgan fingerprint density at radius 1 is 1.16 bits per heavy atom. The lowest BCUT2D eigenvalue weighted by Crippen LogP contribution is -2.51. The number of carbonyl (C=O) groups is 1. The summed E-state index contributed by atoms with van der Waals surface area (Å²) in [6.45, 7) is 9.58. The third kappa shape index (κ3) is 4.36. The molecule has 4 nitrogen and oxygen atoms in total. The third-order valence-corrected chi connectivity index (χ3v) is 10.3. The number of hydrogen-bond donors (Lipinski definition) is 3. The summed E-state index contributed by atoms with van der Waals surface area (Å²) in [7, 11) is 0. The first-order valence-corrected chi connectivity index (χ1v) is 13.1. The van der Waals surface area contributed by atoms with Crippen LogP contribution in [0.5, 0.6) is 0 Å². The van der Waals surface area contributed by atoms with Crippen LogP contribution in [0, 0.1) is 40.4 Å². The number of unbranched alkanes of at least 4 members (excludes halogenated alkanes) is 1. The molecular weight excluding hydrogens is 386 g/mol. The first-order valence-electron chi connectivity index (χ1n) is 13.1. The third-order valence-electron chi connectivity index (χ3n) is 10.3. The summed E-state index contributed by atoms with van der Waals surface area (Å²) in [5, 5.41) is 22.6. The molecule has 8 atom stereocenters. The number of aliphatic hydroxyl groups excluding tert-OH is 1. The van der Waals surface area contributed by atoms with E-state index in [1.54, 1.807) is 5.57 Å². The average molecular weight is 432 g/mol. The van der Waals surface area contributed by atoms with Crippen LogP contribution >= 0.6 is 0 Å². The maximum Gasteiger partial charge on any atom is 0.303 e. The van der Waals surface area contributed by atoms with Gasteiger partial charge in [-0.05, 0) is 118 Å². The van der Waals surface area contributed by atoms with Gasteiger partial charge in [0.2, 0.25) is 0 Å². The molecule has 3 N–H and O–H groups in total. The number of hydrogen-bond acceptors (Lipinski definition) is 3. The minimum atomic E-state index is -0.683. The molecule has 0 amide bonds. The van der Waals surface area contributed by atoms with Crippen LogP contribution in [0.2, 0.25) is 0 Å². The van der Waals surface area contributed by atoms with Crippen molar-refractivity contribution in [2.45, 2.75) is 97.5 Å². The molecule has 31 heavy (non-hydrogen) atoms. The van der Waals surface area contributed by atoms with Crippen LogP contribution in [-0.2, 0) is 4.79 Å². The smallest absolute Gasteiger partial charge is 0.303 e. The van der Waals surface area contributed by atoms with E-state index in [1.165, 1.54) is 38.5 Å². The van der Waals surface area contributed by atoms with E-state index in [4.69, 9.17) is 5.11 Å². The Morgan fingerprint density at radius 3 is 2.74 bits per heavy atom. The first kappa shape index (κ1) is 23.3. The van der Waals surface area contributed by atoms with E-state index in [0.29, 0.717) is 16.7 Å². The quantitative estimate of drug-likeness (QED) is 0.355. The standard InChI is InChI=1S/C27H45NO3/c1-18(17-28-15-5-4-6-25(30)31)22-9-10-23-21-8-7-19-16-20(29)11-13-26(19,2)24(21)12-14-27(22,23)3/h7,18,20-24,28-29H,4-6,8-17H2,1-3H3,(H,30,31)/t18-,20+,21?,22-,23+,24+,26+,27-/m1/s1. The number of fused-ring (bicyclic) bond motifs is 5. The zero-order valence-corrected chi connectivity index (χ0v) is 20.0. The van der Waals surface area contributed by atoms with Crippen LogP contribution in [0.3, 0.4) is 0 Å². The lowest BCUT2D eigenvalue weighted by atomic mass is 9.47. The predicted octanol–water partition coefficient (Wildman–Crippen LogP) is 5.41. The van der Waals surface area contributed by atoms with Gasteiger partial charge >= 0.3 is 5.97 Å². The fourth-order valence-electron chi connectivity index (χ4n) is 8.62. The predicted molar refractivity (Wildman–Crippen MR) is 125 cm³/mol. The summed E-state index contributed by atoms with van der Waals surface area (Å²) < 4.78 is 0. The van der Waals surface area contributed by atoms with Crippen molar-refractivity contribution in [2.75, 3.05) is 13.1 Å². The van der Waals surface area contributed by atoms with Crippen LogP contribution in [0.15, 0.2) is 11.6 Å². The van der Waals surface area contributed by atoms with E-state index in [0.717, 1.165) is 62.4 Å². The van der Waals surface area contributed by atoms with Gasteiger partial charge in [-0.1, -0.05) is 32.4 Å². The Bertz CT molecular complexity index is 690. The van der Waals surface area contributed by atoms with Crippen molar-refractivity contribution < 1.29 is 15.0 Å². The van der Waals surface area contributed by atoms with E-state index in [2.05, 4.69) is 32.2 Å². The molecule has 0 bridgehead atoms. The normalized spacial score (nSPS) is 42.8. The van der Waals surface area contributed by atoms with E-state index >= 15 is 0 Å². The molecule has 0 aromatic carbocycles. The lowest BCUT2D eigenvalue weighted by Gasteiger charge is -2.58. The van der Waals surface area contributed by atoms with E-state index in [9.17, 15) is 9.90 Å². The Balaban J connectivity index is 1.36. The number of aliphatic carboxylic acids is 1. The Labute approximate surface area is 189 Å². The topological polar surface area (TPSA) is 69.6 Å².